The molecule has 0 saturated carbocycles. The first-order valence-corrected chi connectivity index (χ1v) is 8.41. The normalized spacial score (nSPS) is 11.4. The number of halogens is 3. The highest BCUT2D eigenvalue weighted by Gasteiger charge is 2.21. The largest absolute Gasteiger partial charge is 0.326 e. The van der Waals surface area contributed by atoms with Crippen LogP contribution in [-0.2, 0) is 16.6 Å². The van der Waals surface area contributed by atoms with Gasteiger partial charge < -0.3 is 5.73 Å². The average molecular weight is 366 g/mol. The summed E-state index contributed by atoms with van der Waals surface area (Å²) in [5.41, 5.74) is 6.31. The molecule has 0 spiro atoms. The van der Waals surface area contributed by atoms with Crippen LogP contribution in [0.15, 0.2) is 41.3 Å². The lowest BCUT2D eigenvalue weighted by molar-refractivity contribution is 0.601. The van der Waals surface area contributed by atoms with E-state index in [1.54, 1.807) is 18.2 Å². The Balaban J connectivity index is 2.47. The average Bonchev–Trinajstić information content (AvgIpc) is 2.40. The minimum atomic E-state index is -3.90. The molecule has 21 heavy (non-hydrogen) atoms. The summed E-state index contributed by atoms with van der Waals surface area (Å²) in [4.78, 5) is -0.128. The van der Waals surface area contributed by atoms with Crippen LogP contribution in [0.4, 0.5) is 5.69 Å². The van der Waals surface area contributed by atoms with Crippen LogP contribution in [0.2, 0.25) is 15.1 Å². The van der Waals surface area contributed by atoms with Crippen molar-refractivity contribution in [3.05, 3.63) is 57.0 Å². The van der Waals surface area contributed by atoms with Gasteiger partial charge in [-0.05, 0) is 35.9 Å². The Hall–Kier alpha value is -0.980. The van der Waals surface area contributed by atoms with Gasteiger partial charge in [0.15, 0.2) is 0 Å². The third kappa shape index (κ3) is 3.81. The minimum absolute atomic E-state index is 0.0522. The van der Waals surface area contributed by atoms with Gasteiger partial charge in [0.1, 0.15) is 4.90 Å². The van der Waals surface area contributed by atoms with E-state index < -0.39 is 10.0 Å². The van der Waals surface area contributed by atoms with E-state index in [9.17, 15) is 8.42 Å². The molecule has 0 aliphatic carbocycles. The van der Waals surface area contributed by atoms with Gasteiger partial charge in [0, 0.05) is 16.6 Å². The number of rotatable bonds is 4. The predicted octanol–water partition coefficient (Wildman–Crippen LogP) is 3.91. The monoisotopic (exact) mass is 364 g/mol. The molecule has 112 valence electrons. The van der Waals surface area contributed by atoms with E-state index in [-0.39, 0.29) is 21.5 Å². The summed E-state index contributed by atoms with van der Waals surface area (Å²) in [6.45, 7) is 0.0824. The quantitative estimate of drug-likeness (QED) is 0.863. The van der Waals surface area contributed by atoms with Gasteiger partial charge in [0.05, 0.1) is 10.7 Å². The molecule has 0 bridgehead atoms. The molecule has 0 radical (unpaired) electrons. The van der Waals surface area contributed by atoms with Crippen LogP contribution in [-0.4, -0.2) is 8.42 Å². The predicted molar refractivity (Wildman–Crippen MR) is 86.6 cm³/mol. The van der Waals surface area contributed by atoms with Crippen molar-refractivity contribution in [3.8, 4) is 0 Å². The zero-order valence-electron chi connectivity index (χ0n) is 10.6. The van der Waals surface area contributed by atoms with Crippen LogP contribution in [0.25, 0.3) is 0 Å². The summed E-state index contributed by atoms with van der Waals surface area (Å²) in [5.74, 6) is 0. The Morgan fingerprint density at radius 3 is 2.38 bits per heavy atom. The lowest BCUT2D eigenvalue weighted by Crippen LogP contribution is -2.14. The maximum Gasteiger partial charge on any atom is 0.263 e. The van der Waals surface area contributed by atoms with Gasteiger partial charge in [0.25, 0.3) is 10.0 Å². The van der Waals surface area contributed by atoms with E-state index >= 15 is 0 Å². The molecule has 8 heteroatoms. The first-order chi connectivity index (χ1) is 9.83. The Bertz CT molecular complexity index is 779. The molecule has 0 heterocycles. The van der Waals surface area contributed by atoms with E-state index in [0.29, 0.717) is 16.3 Å². The molecular weight excluding hydrogens is 355 g/mol. The van der Waals surface area contributed by atoms with Crippen LogP contribution in [0.1, 0.15) is 5.56 Å². The third-order valence-corrected chi connectivity index (χ3v) is 5.08. The smallest absolute Gasteiger partial charge is 0.263 e. The van der Waals surface area contributed by atoms with Gasteiger partial charge in [-0.1, -0.05) is 40.9 Å². The van der Waals surface area contributed by atoms with Crippen molar-refractivity contribution in [1.29, 1.82) is 0 Å². The summed E-state index contributed by atoms with van der Waals surface area (Å²) in [5, 5.41) is 0.706. The zero-order valence-corrected chi connectivity index (χ0v) is 13.7. The van der Waals surface area contributed by atoms with E-state index in [1.807, 2.05) is 0 Å². The number of sulfonamides is 1. The van der Waals surface area contributed by atoms with Gasteiger partial charge in [-0.2, -0.15) is 0 Å². The van der Waals surface area contributed by atoms with Gasteiger partial charge in [-0.15, -0.1) is 0 Å². The molecule has 0 fully saturated rings. The molecule has 0 aliphatic rings. The minimum Gasteiger partial charge on any atom is -0.326 e. The van der Waals surface area contributed by atoms with Crippen LogP contribution in [0, 0.1) is 0 Å². The molecule has 0 aromatic heterocycles. The SMILES string of the molecule is NCc1cc(Cl)cc(S(=O)(=O)Nc2cccc(Cl)c2)c1Cl. The Morgan fingerprint density at radius 1 is 1.05 bits per heavy atom. The lowest BCUT2D eigenvalue weighted by atomic mass is 10.2. The Morgan fingerprint density at radius 2 is 1.76 bits per heavy atom. The van der Waals surface area contributed by atoms with E-state index in [1.165, 1.54) is 18.2 Å². The first kappa shape index (κ1) is 16.4. The van der Waals surface area contributed by atoms with E-state index in [2.05, 4.69) is 4.72 Å². The number of nitrogens with one attached hydrogen (secondary N) is 1. The molecule has 0 saturated heterocycles. The summed E-state index contributed by atoms with van der Waals surface area (Å²) in [6, 6.07) is 9.13. The number of hydrogen-bond acceptors (Lipinski definition) is 3. The summed E-state index contributed by atoms with van der Waals surface area (Å²) < 4.78 is 27.2. The van der Waals surface area contributed by atoms with Gasteiger partial charge in [-0.3, -0.25) is 4.72 Å². The van der Waals surface area contributed by atoms with Crippen LogP contribution >= 0.6 is 34.8 Å². The maximum atomic E-state index is 12.4. The van der Waals surface area contributed by atoms with Crippen molar-refractivity contribution in [2.75, 3.05) is 4.72 Å². The highest BCUT2D eigenvalue weighted by molar-refractivity contribution is 7.92. The zero-order chi connectivity index (χ0) is 15.6. The van der Waals surface area contributed by atoms with Crippen LogP contribution in [0.5, 0.6) is 0 Å². The maximum absolute atomic E-state index is 12.4. The number of benzene rings is 2. The van der Waals surface area contributed by atoms with Crippen molar-refractivity contribution in [1.82, 2.24) is 0 Å². The van der Waals surface area contributed by atoms with Gasteiger partial charge in [0.2, 0.25) is 0 Å². The second-order valence-corrected chi connectivity index (χ2v) is 7.10. The summed E-state index contributed by atoms with van der Waals surface area (Å²) in [7, 11) is -3.90. The van der Waals surface area contributed by atoms with Crippen molar-refractivity contribution in [2.24, 2.45) is 5.73 Å². The van der Waals surface area contributed by atoms with E-state index in [4.69, 9.17) is 40.5 Å². The molecular formula is C13H11Cl3N2O2S. The highest BCUT2D eigenvalue weighted by atomic mass is 35.5. The molecule has 3 N–H and O–H groups in total. The summed E-state index contributed by atoms with van der Waals surface area (Å²) in [6.07, 6.45) is 0. The number of anilines is 1. The van der Waals surface area contributed by atoms with Crippen molar-refractivity contribution in [2.45, 2.75) is 11.4 Å². The Kier molecular flexibility index (Phi) is 5.01. The number of hydrogen-bond donors (Lipinski definition) is 2. The molecule has 4 nitrogen and oxygen atoms in total. The third-order valence-electron chi connectivity index (χ3n) is 2.67. The lowest BCUT2D eigenvalue weighted by Gasteiger charge is -2.12. The molecule has 0 unspecified atom stereocenters. The molecule has 0 amide bonds. The number of nitrogens with two attached hydrogens (primary N) is 1. The standard InChI is InChI=1S/C13H11Cl3N2O2S/c14-9-2-1-3-11(5-9)18-21(19,20)12-6-10(15)4-8(7-17)13(12)16/h1-6,18H,7,17H2. The molecule has 0 atom stereocenters. The first-order valence-electron chi connectivity index (χ1n) is 5.80. The fraction of sp³-hybridized carbons (Fsp3) is 0.0769. The topological polar surface area (TPSA) is 72.2 Å². The molecule has 0 aliphatic heterocycles. The molecule has 2 rings (SSSR count). The van der Waals surface area contributed by atoms with Crippen molar-refractivity contribution >= 4 is 50.5 Å². The van der Waals surface area contributed by atoms with Gasteiger partial charge >= 0.3 is 0 Å². The fourth-order valence-corrected chi connectivity index (χ4v) is 3.91. The second kappa shape index (κ2) is 6.42. The van der Waals surface area contributed by atoms with Crippen LogP contribution < -0.4 is 10.5 Å². The van der Waals surface area contributed by atoms with Crippen molar-refractivity contribution < 1.29 is 8.42 Å². The highest BCUT2D eigenvalue weighted by Crippen LogP contribution is 2.30. The van der Waals surface area contributed by atoms with E-state index in [0.717, 1.165) is 0 Å². The van der Waals surface area contributed by atoms with Crippen LogP contribution in [0.3, 0.4) is 0 Å². The second-order valence-electron chi connectivity index (χ2n) is 4.20. The van der Waals surface area contributed by atoms with Gasteiger partial charge in [-0.25, -0.2) is 8.42 Å². The molecule has 2 aromatic rings. The Labute approximate surface area is 137 Å². The van der Waals surface area contributed by atoms with Crippen molar-refractivity contribution in [3.63, 3.8) is 0 Å². The molecule has 2 aromatic carbocycles. The fourth-order valence-electron chi connectivity index (χ4n) is 1.72. The summed E-state index contributed by atoms with van der Waals surface area (Å²) >= 11 is 17.8.